The predicted molar refractivity (Wildman–Crippen MR) is 120 cm³/mol. The zero-order valence-corrected chi connectivity index (χ0v) is 19.0. The first-order chi connectivity index (χ1) is 14.3. The Labute approximate surface area is 186 Å². The van der Waals surface area contributed by atoms with E-state index in [9.17, 15) is 13.2 Å². The van der Waals surface area contributed by atoms with E-state index in [1.165, 1.54) is 20.3 Å². The largest absolute Gasteiger partial charge is 0.496 e. The molecule has 3 N–H and O–H groups in total. The smallest absolute Gasteiger partial charge is 0.255 e. The summed E-state index contributed by atoms with van der Waals surface area (Å²) in [6.45, 7) is 0.219. The van der Waals surface area contributed by atoms with Gasteiger partial charge in [0.05, 0.1) is 19.8 Å². The van der Waals surface area contributed by atoms with Gasteiger partial charge in [0.1, 0.15) is 22.1 Å². The van der Waals surface area contributed by atoms with Crippen LogP contribution in [0.15, 0.2) is 41.8 Å². The number of hydrogen-bond acceptors (Lipinski definition) is 6. The summed E-state index contributed by atoms with van der Waals surface area (Å²) in [5, 5.41) is 9.01. The lowest BCUT2D eigenvalue weighted by atomic mass is 9.93. The van der Waals surface area contributed by atoms with Gasteiger partial charge in [0, 0.05) is 24.5 Å². The Kier molecular flexibility index (Phi) is 8.70. The fourth-order valence-corrected chi connectivity index (χ4v) is 3.91. The van der Waals surface area contributed by atoms with Crippen molar-refractivity contribution >= 4 is 50.0 Å². The molecule has 8 nitrogen and oxygen atoms in total. The summed E-state index contributed by atoms with van der Waals surface area (Å²) >= 11 is 11.1. The van der Waals surface area contributed by atoms with E-state index in [2.05, 4.69) is 16.0 Å². The molecule has 1 aliphatic carbocycles. The molecule has 1 atom stereocenters. The Morgan fingerprint density at radius 1 is 1.27 bits per heavy atom. The Hall–Kier alpha value is -2.56. The Balaban J connectivity index is 2.16. The van der Waals surface area contributed by atoms with E-state index in [4.69, 9.17) is 33.3 Å². The number of amides is 1. The number of nitrogens with one attached hydrogen (secondary N) is 3. The van der Waals surface area contributed by atoms with Crippen molar-refractivity contribution in [2.45, 2.75) is 6.42 Å². The lowest BCUT2D eigenvalue weighted by Gasteiger charge is -2.23. The number of carbonyl (C=O) groups excluding carboxylic acids is 1. The van der Waals surface area contributed by atoms with Crippen molar-refractivity contribution in [1.29, 1.82) is 0 Å². The molecule has 0 aliphatic heterocycles. The Morgan fingerprint density at radius 2 is 2.00 bits per heavy atom. The number of rotatable bonds is 7. The fraction of sp³-hybridized carbons (Fsp3) is 0.316. The summed E-state index contributed by atoms with van der Waals surface area (Å²) < 4.78 is 34.4. The van der Waals surface area contributed by atoms with Crippen molar-refractivity contribution in [2.75, 3.05) is 27.8 Å². The molecule has 2 rings (SSSR count). The maximum absolute atomic E-state index is 12.5. The number of carbonyl (C=O) groups is 1. The Morgan fingerprint density at radius 3 is 2.60 bits per heavy atom. The van der Waals surface area contributed by atoms with Crippen LogP contribution in [0.3, 0.4) is 0 Å². The van der Waals surface area contributed by atoms with Crippen LogP contribution < -0.4 is 20.7 Å². The molecule has 162 valence electrons. The first-order valence-electron chi connectivity index (χ1n) is 8.85. The van der Waals surface area contributed by atoms with Crippen LogP contribution in [0, 0.1) is 5.92 Å². The van der Waals surface area contributed by atoms with Gasteiger partial charge in [-0.05, 0) is 42.9 Å². The van der Waals surface area contributed by atoms with Gasteiger partial charge in [-0.3, -0.25) is 4.79 Å². The molecule has 1 amide bonds. The fourth-order valence-electron chi connectivity index (χ4n) is 2.88. The highest BCUT2D eigenvalue weighted by atomic mass is 35.5. The van der Waals surface area contributed by atoms with E-state index < -0.39 is 16.2 Å². The summed E-state index contributed by atoms with van der Waals surface area (Å²) in [5.74, 6) is -0.120. The van der Waals surface area contributed by atoms with Gasteiger partial charge in [-0.2, -0.15) is 8.42 Å². The summed E-state index contributed by atoms with van der Waals surface area (Å²) in [6.07, 6.45) is 3.72. The van der Waals surface area contributed by atoms with Crippen LogP contribution in [0.25, 0.3) is 0 Å². The molecule has 11 heteroatoms. The second-order valence-electron chi connectivity index (χ2n) is 6.10. The van der Waals surface area contributed by atoms with Crippen LogP contribution in [0.1, 0.15) is 16.8 Å². The maximum atomic E-state index is 12.5. The zero-order chi connectivity index (χ0) is 22.3. The second kappa shape index (κ2) is 11.0. The van der Waals surface area contributed by atoms with Gasteiger partial charge in [-0.25, -0.2) is 0 Å². The quantitative estimate of drug-likeness (QED) is 0.515. The van der Waals surface area contributed by atoms with Crippen LogP contribution in [-0.4, -0.2) is 52.1 Å². The number of halogens is 1. The minimum Gasteiger partial charge on any atom is -0.496 e. The lowest BCUT2D eigenvalue weighted by Crippen LogP contribution is -2.39. The summed E-state index contributed by atoms with van der Waals surface area (Å²) in [5.41, 5.74) is 0.560. The van der Waals surface area contributed by atoms with Gasteiger partial charge < -0.3 is 25.4 Å². The van der Waals surface area contributed by atoms with Crippen molar-refractivity contribution in [3.05, 3.63) is 52.4 Å². The molecule has 0 spiro atoms. The molecule has 30 heavy (non-hydrogen) atoms. The highest BCUT2D eigenvalue weighted by Crippen LogP contribution is 2.24. The van der Waals surface area contributed by atoms with E-state index >= 15 is 0 Å². The summed E-state index contributed by atoms with van der Waals surface area (Å²) in [7, 11) is 1.98. The van der Waals surface area contributed by atoms with E-state index in [1.54, 1.807) is 31.3 Å². The highest BCUT2D eigenvalue weighted by molar-refractivity contribution is 7.80. The van der Waals surface area contributed by atoms with E-state index in [0.29, 0.717) is 28.5 Å². The maximum Gasteiger partial charge on any atom is 0.255 e. The van der Waals surface area contributed by atoms with Crippen molar-refractivity contribution in [3.8, 4) is 5.75 Å². The molecule has 0 bridgehead atoms. The molecule has 0 saturated carbocycles. The summed E-state index contributed by atoms with van der Waals surface area (Å²) in [6, 6.07) is 4.74. The van der Waals surface area contributed by atoms with Crippen LogP contribution in [0.5, 0.6) is 5.75 Å². The molecule has 0 radical (unpaired) electrons. The number of methoxy groups -OCH3 is 2. The zero-order valence-electron chi connectivity index (χ0n) is 16.6. The average Bonchev–Trinajstić information content (AvgIpc) is 2.73. The highest BCUT2D eigenvalue weighted by Gasteiger charge is 2.27. The third kappa shape index (κ3) is 5.74. The van der Waals surface area contributed by atoms with Crippen LogP contribution >= 0.6 is 23.8 Å². The molecule has 1 aromatic carbocycles. The van der Waals surface area contributed by atoms with E-state index in [0.717, 1.165) is 0 Å². The third-order valence-corrected chi connectivity index (χ3v) is 5.73. The number of benzene rings is 1. The van der Waals surface area contributed by atoms with Crippen molar-refractivity contribution in [2.24, 2.45) is 5.92 Å². The lowest BCUT2D eigenvalue weighted by molar-refractivity contribution is 0.0949. The van der Waals surface area contributed by atoms with Crippen molar-refractivity contribution in [1.82, 2.24) is 16.0 Å². The number of ether oxygens (including phenoxy) is 2. The molecule has 0 aromatic heterocycles. The molecule has 0 fully saturated rings. The van der Waals surface area contributed by atoms with Gasteiger partial charge in [-0.15, -0.1) is 0 Å². The minimum absolute atomic E-state index is 0.0986. The SMILES string of the molecule is CNC(=S)NC1=C(OC)C=CC(CCNC(=O)c2cc(Cl)ccc2OC)C1=S(=O)=O. The van der Waals surface area contributed by atoms with Gasteiger partial charge >= 0.3 is 0 Å². The number of allylic oxidation sites excluding steroid dienone is 3. The first-order valence-corrected chi connectivity index (χ1v) is 10.7. The summed E-state index contributed by atoms with van der Waals surface area (Å²) in [4.78, 5) is 12.6. The number of hydrogen-bond donors (Lipinski definition) is 3. The predicted octanol–water partition coefficient (Wildman–Crippen LogP) is 1.66. The topological polar surface area (TPSA) is 106 Å². The third-order valence-electron chi connectivity index (χ3n) is 4.32. The molecular formula is C19H22ClN3O5S2. The standard InChI is InChI=1S/C19H22ClN3O5S2/c1-21-19(29)23-16-15(28-3)6-4-11(17(16)30(25)26)8-9-22-18(24)13-10-12(20)5-7-14(13)27-2/h4-7,10-11H,8-9H2,1-3H3,(H,22,24)(H2,21,23,29). The number of thiocarbonyl (C=S) groups is 1. The molecule has 1 aromatic rings. The van der Waals surface area contributed by atoms with Crippen molar-refractivity contribution in [3.63, 3.8) is 0 Å². The average molecular weight is 472 g/mol. The monoisotopic (exact) mass is 471 g/mol. The van der Waals surface area contributed by atoms with E-state index in [1.807, 2.05) is 0 Å². The molecule has 0 heterocycles. The van der Waals surface area contributed by atoms with Gasteiger partial charge in [0.2, 0.25) is 10.3 Å². The van der Waals surface area contributed by atoms with E-state index in [-0.39, 0.29) is 28.1 Å². The molecule has 1 aliphatic rings. The van der Waals surface area contributed by atoms with Crippen LogP contribution in [0.2, 0.25) is 5.02 Å². The normalized spacial score (nSPS) is 15.5. The minimum atomic E-state index is -2.53. The molecule has 0 saturated heterocycles. The second-order valence-corrected chi connectivity index (χ2v) is 7.86. The van der Waals surface area contributed by atoms with Crippen LogP contribution in [-0.2, 0) is 15.0 Å². The van der Waals surface area contributed by atoms with Crippen LogP contribution in [0.4, 0.5) is 0 Å². The molecular weight excluding hydrogens is 450 g/mol. The van der Waals surface area contributed by atoms with Crippen molar-refractivity contribution < 1.29 is 22.7 Å². The van der Waals surface area contributed by atoms with Gasteiger partial charge in [-0.1, -0.05) is 17.7 Å². The van der Waals surface area contributed by atoms with Gasteiger partial charge in [0.15, 0.2) is 5.11 Å². The first kappa shape index (κ1) is 23.7. The molecule has 1 unspecified atom stereocenters. The van der Waals surface area contributed by atoms with Gasteiger partial charge in [0.25, 0.3) is 5.91 Å². The Bertz CT molecular complexity index is 1030.